The lowest BCUT2D eigenvalue weighted by molar-refractivity contribution is 0.660. The van der Waals surface area contributed by atoms with Gasteiger partial charge in [-0.25, -0.2) is 0 Å². The van der Waals surface area contributed by atoms with Gasteiger partial charge in [-0.2, -0.15) is 0 Å². The van der Waals surface area contributed by atoms with Gasteiger partial charge < -0.3 is 0 Å². The minimum absolute atomic E-state index is 0.151. The molecule has 0 heteroatoms. The van der Waals surface area contributed by atoms with Crippen LogP contribution >= 0.6 is 0 Å². The maximum Gasteiger partial charge on any atom is 0.0158 e. The Morgan fingerprint density at radius 3 is 0.915 bits per heavy atom. The van der Waals surface area contributed by atoms with Crippen LogP contribution in [0, 0.1) is 34.6 Å². The first-order chi connectivity index (χ1) is 51.8. The fourth-order valence-electron chi connectivity index (χ4n) is 15.3. The number of hydrogen-bond donors (Lipinski definition) is 0. The topological polar surface area (TPSA) is 0 Å². The molecule has 0 saturated heterocycles. The second kappa shape index (κ2) is 31.1. The van der Waals surface area contributed by atoms with Crippen LogP contribution in [0.4, 0.5) is 0 Å². The summed E-state index contributed by atoms with van der Waals surface area (Å²) in [6, 6.07) is 142. The first kappa shape index (κ1) is 69.0. The van der Waals surface area contributed by atoms with Gasteiger partial charge in [0.15, 0.2) is 0 Å². The van der Waals surface area contributed by atoms with Crippen molar-refractivity contribution in [1.82, 2.24) is 0 Å². The molecule has 0 radical (unpaired) electrons. The van der Waals surface area contributed by atoms with Gasteiger partial charge in [0.1, 0.15) is 0 Å². The minimum Gasteiger partial charge on any atom is -0.0622 e. The molecule has 0 N–H and O–H groups in total. The Bertz CT molecular complexity index is 6150. The summed E-state index contributed by atoms with van der Waals surface area (Å²) >= 11 is 0. The molecule has 0 aliphatic heterocycles. The first-order valence-corrected chi connectivity index (χ1v) is 37.0. The van der Waals surface area contributed by atoms with Crippen LogP contribution in [0.5, 0.6) is 0 Å². The standard InChI is InChI=1S/C27H20.2C23H18.C17H14.C16H16/c1-19-15-24(23-14-13-20-7-2-3-9-22(20)17-23)18-25(16-19)27-12-6-10-21-8-4-5-11-26(21)27;1-17-14-20(18-8-3-2-4-9-18)16-21(15-17)23-13-7-11-19-10-5-6-12-22(19)23;1-17-13-22(18-7-3-2-4-8-18)16-23(14-17)21-12-11-19-9-5-6-10-20(19)15-21;1-13-5-4-8-15(11-13)17-10-9-14-6-2-3-7-16(14)12-17;1-11-8-9-13-12-6-4-5-7-14(12)16(2,3)15(13)10-11/h2-18H,1H3;2*2-16H,1H3;2-12H,1H3;4-10H,1-3H3. The fourth-order valence-corrected chi connectivity index (χ4v) is 15.3. The molecule has 1 aliphatic carbocycles. The van der Waals surface area contributed by atoms with Crippen molar-refractivity contribution >= 4 is 53.9 Å². The van der Waals surface area contributed by atoms with Crippen LogP contribution in [0.1, 0.15) is 52.8 Å². The van der Waals surface area contributed by atoms with Crippen molar-refractivity contribution in [2.45, 2.75) is 53.9 Å². The third kappa shape index (κ3) is 15.5. The van der Waals surface area contributed by atoms with E-state index in [0.29, 0.717) is 0 Å². The predicted molar refractivity (Wildman–Crippen MR) is 459 cm³/mol. The Morgan fingerprint density at radius 1 is 0.151 bits per heavy atom. The highest BCUT2D eigenvalue weighted by Gasteiger charge is 2.35. The molecule has 0 atom stereocenters. The van der Waals surface area contributed by atoms with Crippen molar-refractivity contribution in [2.24, 2.45) is 0 Å². The van der Waals surface area contributed by atoms with E-state index in [4.69, 9.17) is 0 Å². The Labute approximate surface area is 625 Å². The molecule has 18 aromatic rings. The lowest BCUT2D eigenvalue weighted by Crippen LogP contribution is -2.14. The van der Waals surface area contributed by atoms with Crippen LogP contribution in [-0.4, -0.2) is 0 Å². The number of fused-ring (bicyclic) bond motifs is 8. The van der Waals surface area contributed by atoms with Gasteiger partial charge in [-0.3, -0.25) is 0 Å². The quantitative estimate of drug-likeness (QED) is 0.149. The van der Waals surface area contributed by atoms with Crippen LogP contribution in [0.25, 0.3) is 143 Å². The van der Waals surface area contributed by atoms with Crippen molar-refractivity contribution in [3.63, 3.8) is 0 Å². The Hall–Kier alpha value is -12.7. The molecule has 0 amide bonds. The highest BCUT2D eigenvalue weighted by Crippen LogP contribution is 2.49. The van der Waals surface area contributed by atoms with Crippen LogP contribution in [-0.2, 0) is 5.41 Å². The molecule has 106 heavy (non-hydrogen) atoms. The molecule has 0 nitrogen and oxygen atoms in total. The van der Waals surface area contributed by atoms with Crippen LogP contribution in [0.3, 0.4) is 0 Å². The molecule has 0 fully saturated rings. The smallest absolute Gasteiger partial charge is 0.0158 e. The van der Waals surface area contributed by atoms with E-state index in [1.807, 2.05) is 0 Å². The molecule has 0 saturated carbocycles. The summed E-state index contributed by atoms with van der Waals surface area (Å²) in [5.74, 6) is 0. The summed E-state index contributed by atoms with van der Waals surface area (Å²) in [7, 11) is 0. The van der Waals surface area contributed by atoms with Crippen molar-refractivity contribution in [1.29, 1.82) is 0 Å². The van der Waals surface area contributed by atoms with E-state index in [2.05, 4.69) is 443 Å². The van der Waals surface area contributed by atoms with Crippen molar-refractivity contribution in [2.75, 3.05) is 0 Å². The van der Waals surface area contributed by atoms with E-state index in [0.717, 1.165) is 0 Å². The third-order valence-corrected chi connectivity index (χ3v) is 20.7. The van der Waals surface area contributed by atoms with E-state index in [9.17, 15) is 0 Å². The zero-order valence-corrected chi connectivity index (χ0v) is 61.5. The van der Waals surface area contributed by atoms with Crippen LogP contribution < -0.4 is 0 Å². The monoisotopic (exact) mass is 1360 g/mol. The predicted octanol–water partition coefficient (Wildman–Crippen LogP) is 29.7. The second-order valence-electron chi connectivity index (χ2n) is 28.8. The van der Waals surface area contributed by atoms with Gasteiger partial charge in [-0.1, -0.05) is 383 Å². The summed E-state index contributed by atoms with van der Waals surface area (Å²) in [4.78, 5) is 0. The summed E-state index contributed by atoms with van der Waals surface area (Å²) in [6.45, 7) is 15.4. The summed E-state index contributed by atoms with van der Waals surface area (Å²) in [5, 5.41) is 12.9. The molecule has 18 aromatic carbocycles. The molecular weight excluding hydrogens is 1270 g/mol. The Morgan fingerprint density at radius 2 is 0.453 bits per heavy atom. The molecule has 0 spiro atoms. The molecule has 1 aliphatic rings. The van der Waals surface area contributed by atoms with E-state index < -0.39 is 0 Å². The summed E-state index contributed by atoms with van der Waals surface area (Å²) in [5.41, 5.74) is 30.2. The van der Waals surface area contributed by atoms with Gasteiger partial charge in [-0.05, 0) is 242 Å². The number of aryl methyl sites for hydroxylation is 5. The van der Waals surface area contributed by atoms with Crippen LogP contribution in [0.15, 0.2) is 394 Å². The van der Waals surface area contributed by atoms with Gasteiger partial charge in [0.25, 0.3) is 0 Å². The molecule has 0 bridgehead atoms. The van der Waals surface area contributed by atoms with Crippen LogP contribution in [0.2, 0.25) is 0 Å². The largest absolute Gasteiger partial charge is 0.0622 e. The normalized spacial score (nSPS) is 11.6. The van der Waals surface area contributed by atoms with Crippen molar-refractivity contribution in [3.8, 4) is 89.0 Å². The van der Waals surface area contributed by atoms with Gasteiger partial charge in [-0.15, -0.1) is 0 Å². The summed E-state index contributed by atoms with van der Waals surface area (Å²) in [6.07, 6.45) is 0. The second-order valence-corrected chi connectivity index (χ2v) is 28.8. The van der Waals surface area contributed by atoms with Crippen molar-refractivity contribution in [3.05, 3.63) is 433 Å². The number of hydrogen-bond acceptors (Lipinski definition) is 0. The lowest BCUT2D eigenvalue weighted by Gasteiger charge is -2.21. The molecule has 0 heterocycles. The SMILES string of the molecule is Cc1cc(-c2ccc3ccccc3c2)cc(-c2cccc3ccccc23)c1.Cc1cc(-c2ccccc2)cc(-c2ccc3ccccc3c2)c1.Cc1cc(-c2ccccc2)cc(-c2cccc3ccccc23)c1.Cc1ccc2c(c1)C(C)(C)c1ccccc1-2.Cc1cccc(-c2ccc3ccccc3c2)c1. The fraction of sp³-hybridized carbons (Fsp3) is 0.0755. The Kier molecular flexibility index (Phi) is 20.2. The molecule has 0 aromatic heterocycles. The van der Waals surface area contributed by atoms with Gasteiger partial charge in [0.2, 0.25) is 0 Å². The first-order valence-electron chi connectivity index (χ1n) is 37.0. The average Bonchev–Trinajstić information content (AvgIpc) is 1.59. The number of benzene rings is 18. The zero-order chi connectivity index (χ0) is 72.5. The summed E-state index contributed by atoms with van der Waals surface area (Å²) < 4.78 is 0. The van der Waals surface area contributed by atoms with Gasteiger partial charge in [0, 0.05) is 5.41 Å². The van der Waals surface area contributed by atoms with Gasteiger partial charge >= 0.3 is 0 Å². The van der Waals surface area contributed by atoms with Crippen molar-refractivity contribution < 1.29 is 0 Å². The lowest BCUT2D eigenvalue weighted by atomic mass is 9.82. The van der Waals surface area contributed by atoms with E-state index >= 15 is 0 Å². The highest BCUT2D eigenvalue weighted by atomic mass is 14.4. The van der Waals surface area contributed by atoms with E-state index in [-0.39, 0.29) is 5.41 Å². The Balaban J connectivity index is 0.000000107. The maximum atomic E-state index is 2.33. The zero-order valence-electron chi connectivity index (χ0n) is 61.5. The molecular formula is C106H86. The molecule has 0 unspecified atom stereocenters. The maximum absolute atomic E-state index is 2.33. The third-order valence-electron chi connectivity index (χ3n) is 20.7. The average molecular weight is 1360 g/mol. The number of rotatable bonds is 7. The van der Waals surface area contributed by atoms with Gasteiger partial charge in [0.05, 0.1) is 0 Å². The molecule has 510 valence electrons. The molecule has 19 rings (SSSR count). The minimum atomic E-state index is 0.151. The van der Waals surface area contributed by atoms with E-state index in [1.165, 1.54) is 182 Å². The highest BCUT2D eigenvalue weighted by molar-refractivity contribution is 5.99. The van der Waals surface area contributed by atoms with E-state index in [1.54, 1.807) is 0 Å².